The quantitative estimate of drug-likeness (QED) is 0.585. The molecule has 1 atom stereocenters. The Morgan fingerprint density at radius 1 is 1.58 bits per heavy atom. The minimum Gasteiger partial charge on any atom is -0.382 e. The van der Waals surface area contributed by atoms with Crippen LogP contribution in [0.25, 0.3) is 0 Å². The minimum atomic E-state index is 0.170. The van der Waals surface area contributed by atoms with Gasteiger partial charge in [0.2, 0.25) is 0 Å². The van der Waals surface area contributed by atoms with E-state index in [4.69, 9.17) is 4.74 Å². The second-order valence-electron chi connectivity index (χ2n) is 2.73. The Bertz CT molecular complexity index is 186. The van der Waals surface area contributed by atoms with E-state index in [2.05, 4.69) is 11.8 Å². The maximum absolute atomic E-state index is 11.1. The first kappa shape index (κ1) is 11.2. The summed E-state index contributed by atoms with van der Waals surface area (Å²) >= 11 is 0. The van der Waals surface area contributed by atoms with Crippen molar-refractivity contribution in [3.63, 3.8) is 0 Å². The molecule has 2 nitrogen and oxygen atoms in total. The number of rotatable bonds is 5. The monoisotopic (exact) mass is 168 g/mol. The van der Waals surface area contributed by atoms with Crippen molar-refractivity contribution in [1.82, 2.24) is 0 Å². The zero-order chi connectivity index (χ0) is 9.40. The summed E-state index contributed by atoms with van der Waals surface area (Å²) < 4.78 is 5.02. The number of hydrogen-bond acceptors (Lipinski definition) is 2. The van der Waals surface area contributed by atoms with E-state index in [1.165, 1.54) is 0 Å². The van der Waals surface area contributed by atoms with Crippen molar-refractivity contribution in [2.45, 2.75) is 39.2 Å². The number of ether oxygens (including phenoxy) is 1. The van der Waals surface area contributed by atoms with Gasteiger partial charge in [-0.15, -0.1) is 5.92 Å². The van der Waals surface area contributed by atoms with Crippen LogP contribution < -0.4 is 0 Å². The molecule has 0 amide bonds. The maximum Gasteiger partial charge on any atom is 0.144 e. The summed E-state index contributed by atoms with van der Waals surface area (Å²) in [6.07, 6.45) is 1.92. The van der Waals surface area contributed by atoms with Crippen LogP contribution in [0.5, 0.6) is 0 Å². The predicted octanol–water partition coefficient (Wildman–Crippen LogP) is 1.78. The predicted molar refractivity (Wildman–Crippen MR) is 48.8 cm³/mol. The number of ketones is 1. The van der Waals surface area contributed by atoms with Gasteiger partial charge in [-0.05, 0) is 20.3 Å². The van der Waals surface area contributed by atoms with Gasteiger partial charge in [0.25, 0.3) is 0 Å². The third kappa shape index (κ3) is 5.94. The maximum atomic E-state index is 11.1. The van der Waals surface area contributed by atoms with Gasteiger partial charge < -0.3 is 4.74 Å². The van der Waals surface area contributed by atoms with Crippen LogP contribution in [-0.2, 0) is 9.53 Å². The Hall–Kier alpha value is -0.810. The fraction of sp³-hybridized carbons (Fsp3) is 0.700. The van der Waals surface area contributed by atoms with Gasteiger partial charge in [-0.25, -0.2) is 0 Å². The standard InChI is InChI=1S/C10H16O2/c1-4-5-6-10(11)8-7-9(2)12-3/h9H,6-8H2,1-3H3. The second kappa shape index (κ2) is 6.87. The highest BCUT2D eigenvalue weighted by molar-refractivity contribution is 5.80. The molecule has 0 bridgehead atoms. The number of hydrogen-bond donors (Lipinski definition) is 0. The first-order valence-electron chi connectivity index (χ1n) is 4.14. The average molecular weight is 168 g/mol. The summed E-state index contributed by atoms with van der Waals surface area (Å²) in [5.41, 5.74) is 0. The number of Topliss-reactive ketones (excluding diaryl/α,β-unsaturated/α-hetero) is 1. The third-order valence-electron chi connectivity index (χ3n) is 1.69. The lowest BCUT2D eigenvalue weighted by Gasteiger charge is -2.06. The first-order chi connectivity index (χ1) is 5.70. The van der Waals surface area contributed by atoms with Gasteiger partial charge in [0.1, 0.15) is 5.78 Å². The van der Waals surface area contributed by atoms with Crippen molar-refractivity contribution in [3.05, 3.63) is 0 Å². The van der Waals surface area contributed by atoms with Crippen molar-refractivity contribution in [2.75, 3.05) is 7.11 Å². The van der Waals surface area contributed by atoms with Crippen molar-refractivity contribution >= 4 is 5.78 Å². The molecule has 0 N–H and O–H groups in total. The van der Waals surface area contributed by atoms with Gasteiger partial charge in [-0.2, -0.15) is 0 Å². The van der Waals surface area contributed by atoms with E-state index in [-0.39, 0.29) is 11.9 Å². The van der Waals surface area contributed by atoms with Crippen molar-refractivity contribution in [3.8, 4) is 11.8 Å². The smallest absolute Gasteiger partial charge is 0.144 e. The molecular formula is C10H16O2. The molecule has 0 fully saturated rings. The topological polar surface area (TPSA) is 26.3 Å². The van der Waals surface area contributed by atoms with Crippen LogP contribution in [0.4, 0.5) is 0 Å². The molecule has 0 radical (unpaired) electrons. The van der Waals surface area contributed by atoms with Crippen LogP contribution in [0.2, 0.25) is 0 Å². The number of methoxy groups -OCH3 is 1. The van der Waals surface area contributed by atoms with E-state index in [0.717, 1.165) is 6.42 Å². The van der Waals surface area contributed by atoms with E-state index < -0.39 is 0 Å². The third-order valence-corrected chi connectivity index (χ3v) is 1.69. The van der Waals surface area contributed by atoms with Crippen LogP contribution >= 0.6 is 0 Å². The molecule has 0 heterocycles. The highest BCUT2D eigenvalue weighted by Gasteiger charge is 2.03. The summed E-state index contributed by atoms with van der Waals surface area (Å²) in [7, 11) is 1.65. The Morgan fingerprint density at radius 3 is 2.75 bits per heavy atom. The minimum absolute atomic E-state index is 0.170. The van der Waals surface area contributed by atoms with E-state index in [0.29, 0.717) is 12.8 Å². The Balaban J connectivity index is 3.48. The van der Waals surface area contributed by atoms with Crippen molar-refractivity contribution in [2.24, 2.45) is 0 Å². The summed E-state index contributed by atoms with van der Waals surface area (Å²) in [5, 5.41) is 0. The molecule has 0 rings (SSSR count). The molecule has 0 saturated heterocycles. The average Bonchev–Trinajstić information content (AvgIpc) is 2.10. The molecule has 0 aliphatic rings. The number of carbonyl (C=O) groups excluding carboxylic acids is 1. The molecule has 0 aromatic rings. The van der Waals surface area contributed by atoms with Gasteiger partial charge in [0.15, 0.2) is 0 Å². The SMILES string of the molecule is CC#CCC(=O)CCC(C)OC. The summed E-state index contributed by atoms with van der Waals surface area (Å²) in [6.45, 7) is 3.70. The summed E-state index contributed by atoms with van der Waals surface area (Å²) in [4.78, 5) is 11.1. The largest absolute Gasteiger partial charge is 0.382 e. The van der Waals surface area contributed by atoms with Crippen LogP contribution in [0.1, 0.15) is 33.1 Å². The van der Waals surface area contributed by atoms with E-state index >= 15 is 0 Å². The Kier molecular flexibility index (Phi) is 6.41. The molecular weight excluding hydrogens is 152 g/mol. The van der Waals surface area contributed by atoms with E-state index in [1.54, 1.807) is 14.0 Å². The fourth-order valence-electron chi connectivity index (χ4n) is 0.757. The Morgan fingerprint density at radius 2 is 2.25 bits per heavy atom. The van der Waals surface area contributed by atoms with Gasteiger partial charge in [0.05, 0.1) is 12.5 Å². The van der Waals surface area contributed by atoms with Crippen molar-refractivity contribution < 1.29 is 9.53 Å². The molecule has 12 heavy (non-hydrogen) atoms. The lowest BCUT2D eigenvalue weighted by Crippen LogP contribution is -2.07. The van der Waals surface area contributed by atoms with Gasteiger partial charge in [0, 0.05) is 13.5 Å². The molecule has 68 valence electrons. The van der Waals surface area contributed by atoms with Crippen LogP contribution in [0.3, 0.4) is 0 Å². The molecule has 0 aromatic heterocycles. The van der Waals surface area contributed by atoms with Gasteiger partial charge in [-0.1, -0.05) is 5.92 Å². The highest BCUT2D eigenvalue weighted by atomic mass is 16.5. The molecule has 0 saturated carbocycles. The molecule has 0 aliphatic carbocycles. The van der Waals surface area contributed by atoms with E-state index in [1.807, 2.05) is 6.92 Å². The lowest BCUT2D eigenvalue weighted by atomic mass is 10.1. The van der Waals surface area contributed by atoms with Crippen molar-refractivity contribution in [1.29, 1.82) is 0 Å². The van der Waals surface area contributed by atoms with Crippen LogP contribution in [-0.4, -0.2) is 19.0 Å². The van der Waals surface area contributed by atoms with Crippen LogP contribution in [0.15, 0.2) is 0 Å². The van der Waals surface area contributed by atoms with Gasteiger partial charge in [-0.3, -0.25) is 4.79 Å². The van der Waals surface area contributed by atoms with Gasteiger partial charge >= 0.3 is 0 Å². The van der Waals surface area contributed by atoms with Crippen LogP contribution in [0, 0.1) is 11.8 Å². The second-order valence-corrected chi connectivity index (χ2v) is 2.73. The summed E-state index contributed by atoms with van der Waals surface area (Å²) in [6, 6.07) is 0. The zero-order valence-corrected chi connectivity index (χ0v) is 8.02. The lowest BCUT2D eigenvalue weighted by molar-refractivity contribution is -0.118. The Labute approximate surface area is 74.3 Å². The molecule has 0 spiro atoms. The normalized spacial score (nSPS) is 11.6. The molecule has 0 aliphatic heterocycles. The zero-order valence-electron chi connectivity index (χ0n) is 8.02. The number of carbonyl (C=O) groups is 1. The van der Waals surface area contributed by atoms with E-state index in [9.17, 15) is 4.79 Å². The highest BCUT2D eigenvalue weighted by Crippen LogP contribution is 2.01. The first-order valence-corrected chi connectivity index (χ1v) is 4.14. The molecule has 2 heteroatoms. The summed E-state index contributed by atoms with van der Waals surface area (Å²) in [5.74, 6) is 5.65. The molecule has 0 aromatic carbocycles. The fourth-order valence-corrected chi connectivity index (χ4v) is 0.757. The molecule has 1 unspecified atom stereocenters.